The number of carbonyl (C=O) groups excluding carboxylic acids is 1. The molecule has 2 aromatic rings. The highest BCUT2D eigenvalue weighted by molar-refractivity contribution is 7.86. The molecule has 39 heavy (non-hydrogen) atoms. The summed E-state index contributed by atoms with van der Waals surface area (Å²) < 4.78 is 37.9. The van der Waals surface area contributed by atoms with Crippen LogP contribution >= 0.6 is 11.6 Å². The third kappa shape index (κ3) is 4.99. The van der Waals surface area contributed by atoms with E-state index in [-0.39, 0.29) is 28.2 Å². The predicted octanol–water partition coefficient (Wildman–Crippen LogP) is 1.26. The molecule has 5 fully saturated rings. The maximum Gasteiger partial charge on any atom is 0.274 e. The number of aliphatic hydroxyl groups excluding tert-OH is 2. The number of carbonyl (C=O) groups is 1. The van der Waals surface area contributed by atoms with Crippen molar-refractivity contribution >= 4 is 44.6 Å². The first-order valence-electron chi connectivity index (χ1n) is 13.1. The number of nitrogens with one attached hydrogen (secondary N) is 2. The Kier molecular flexibility index (Phi) is 6.22. The summed E-state index contributed by atoms with van der Waals surface area (Å²) in [5.41, 5.74) is 1.20. The third-order valence-corrected chi connectivity index (χ3v) is 9.63. The molecule has 7 rings (SSSR count). The van der Waals surface area contributed by atoms with Crippen LogP contribution in [0.5, 0.6) is 0 Å². The first-order chi connectivity index (χ1) is 18.2. The van der Waals surface area contributed by atoms with E-state index in [1.807, 2.05) is 0 Å². The molecule has 3 heterocycles. The molecular weight excluding hydrogens is 552 g/mol. The summed E-state index contributed by atoms with van der Waals surface area (Å²) in [6.45, 7) is 4.48. The second-order valence-corrected chi connectivity index (χ2v) is 14.6. The molecule has 5 N–H and O–H groups in total. The van der Waals surface area contributed by atoms with Crippen LogP contribution in [0.3, 0.4) is 0 Å². The molecule has 4 unspecified atom stereocenters. The second-order valence-electron chi connectivity index (χ2n) is 12.8. The minimum Gasteiger partial charge on any atom is -0.387 e. The number of imidazole rings is 1. The van der Waals surface area contributed by atoms with Gasteiger partial charge in [0.05, 0.1) is 6.33 Å². The fraction of sp³-hybridized carbons (Fsp3) is 0.750. The van der Waals surface area contributed by atoms with E-state index in [4.69, 9.17) is 20.9 Å². The van der Waals surface area contributed by atoms with Crippen LogP contribution in [0.15, 0.2) is 6.33 Å². The highest BCUT2D eigenvalue weighted by Gasteiger charge is 2.60. The molecule has 13 nitrogen and oxygen atoms in total. The minimum absolute atomic E-state index is 0.00374. The molecule has 0 aromatic carbocycles. The van der Waals surface area contributed by atoms with Crippen LogP contribution in [0.4, 0.5) is 5.82 Å². The highest BCUT2D eigenvalue weighted by Crippen LogP contribution is 2.66. The fourth-order valence-electron chi connectivity index (χ4n) is 8.56. The average molecular weight is 585 g/mol. The monoisotopic (exact) mass is 584 g/mol. The van der Waals surface area contributed by atoms with E-state index in [9.17, 15) is 23.4 Å². The molecular formula is C24H33ClN6O7S. The lowest BCUT2D eigenvalue weighted by Gasteiger charge is -2.65. The van der Waals surface area contributed by atoms with Crippen LogP contribution in [0, 0.1) is 16.7 Å². The molecule has 1 amide bonds. The number of amides is 1. The number of ether oxygens (including phenoxy) is 1. The molecule has 4 saturated carbocycles. The standard InChI is InChI=1S/C24H33ClN6O7S/c1-22-3-12-4-23(2,8-22)10-24(5-12,9-22)30-18-15-19(29-21(25)28-18)31(11-27-15)20-17(34)16(33)13(38-20)6-26-14(32)7-39(35,36)37/h11-13,16-17,20,33-34H,3-10H2,1-2H3,(H,26,32)(H,28,29,30)(H,35,36,37)/t12-,13?,16?,17?,20?,22+,23-,24-. The van der Waals surface area contributed by atoms with Crippen LogP contribution < -0.4 is 10.6 Å². The van der Waals surface area contributed by atoms with Crippen molar-refractivity contribution in [3.63, 3.8) is 0 Å². The Balaban J connectivity index is 1.25. The molecule has 4 aliphatic carbocycles. The number of nitrogens with zero attached hydrogens (tertiary/aromatic N) is 4. The molecule has 8 atom stereocenters. The number of anilines is 1. The van der Waals surface area contributed by atoms with E-state index in [2.05, 4.69) is 39.4 Å². The molecule has 4 bridgehead atoms. The number of rotatable bonds is 7. The van der Waals surface area contributed by atoms with E-state index in [1.165, 1.54) is 30.2 Å². The van der Waals surface area contributed by atoms with Crippen molar-refractivity contribution < 1.29 is 32.7 Å². The lowest BCUT2D eigenvalue weighted by atomic mass is 9.43. The maximum atomic E-state index is 11.8. The number of hydrogen-bond donors (Lipinski definition) is 5. The zero-order valence-corrected chi connectivity index (χ0v) is 23.2. The van der Waals surface area contributed by atoms with Crippen LogP contribution in [0.25, 0.3) is 11.2 Å². The summed E-state index contributed by atoms with van der Waals surface area (Å²) in [6, 6.07) is 0. The Morgan fingerprint density at radius 2 is 1.85 bits per heavy atom. The summed E-state index contributed by atoms with van der Waals surface area (Å²) in [4.78, 5) is 25.1. The molecule has 15 heteroatoms. The normalized spacial score (nSPS) is 39.4. The van der Waals surface area contributed by atoms with Crippen molar-refractivity contribution in [1.82, 2.24) is 24.8 Å². The van der Waals surface area contributed by atoms with E-state index in [0.29, 0.717) is 22.9 Å². The highest BCUT2D eigenvalue weighted by atomic mass is 35.5. The van der Waals surface area contributed by atoms with E-state index >= 15 is 0 Å². The zero-order valence-electron chi connectivity index (χ0n) is 21.7. The van der Waals surface area contributed by atoms with Gasteiger partial charge in [-0.2, -0.15) is 18.4 Å². The Bertz CT molecular complexity index is 1420. The summed E-state index contributed by atoms with van der Waals surface area (Å²) in [7, 11) is -4.51. The molecule has 1 aliphatic heterocycles. The van der Waals surface area contributed by atoms with Crippen molar-refractivity contribution in [2.24, 2.45) is 16.7 Å². The SMILES string of the molecule is C[C@]12C[C@@H]3C[C@](C)(C1)C[C@@](Nc1nc(Cl)nc4c1ncn4C1OC(CNC(=O)CS(=O)(=O)O)C(O)C1O)(C3)C2. The molecule has 2 aromatic heterocycles. The molecule has 0 radical (unpaired) electrons. The van der Waals surface area contributed by atoms with Gasteiger partial charge in [-0.3, -0.25) is 13.9 Å². The Hall–Kier alpha value is -2.10. The zero-order chi connectivity index (χ0) is 28.0. The number of halogens is 1. The van der Waals surface area contributed by atoms with Gasteiger partial charge in [-0.25, -0.2) is 4.98 Å². The molecule has 5 aliphatic rings. The predicted molar refractivity (Wildman–Crippen MR) is 139 cm³/mol. The number of aliphatic hydroxyl groups is 2. The van der Waals surface area contributed by atoms with Crippen LogP contribution in [-0.2, 0) is 19.6 Å². The van der Waals surface area contributed by atoms with Crippen molar-refractivity contribution in [2.75, 3.05) is 17.6 Å². The first-order valence-corrected chi connectivity index (χ1v) is 15.1. The summed E-state index contributed by atoms with van der Waals surface area (Å²) in [6.07, 6.45) is 3.32. The fourth-order valence-corrected chi connectivity index (χ4v) is 9.16. The van der Waals surface area contributed by atoms with Gasteiger partial charge in [0.15, 0.2) is 29.0 Å². The van der Waals surface area contributed by atoms with Gasteiger partial charge in [-0.05, 0) is 66.9 Å². The van der Waals surface area contributed by atoms with E-state index in [1.54, 1.807) is 0 Å². The minimum atomic E-state index is -4.51. The van der Waals surface area contributed by atoms with Crippen molar-refractivity contribution in [3.05, 3.63) is 11.6 Å². The number of fused-ring (bicyclic) bond motifs is 1. The Labute approximate surface area is 230 Å². The lowest BCUT2D eigenvalue weighted by Crippen LogP contribution is -2.61. The first kappa shape index (κ1) is 27.1. The van der Waals surface area contributed by atoms with Gasteiger partial charge in [0.2, 0.25) is 11.2 Å². The third-order valence-electron chi connectivity index (χ3n) is 8.83. The number of hydrogen-bond acceptors (Lipinski definition) is 10. The summed E-state index contributed by atoms with van der Waals surface area (Å²) in [5.74, 6) is -0.922. The van der Waals surface area contributed by atoms with Gasteiger partial charge in [0, 0.05) is 12.1 Å². The smallest absolute Gasteiger partial charge is 0.274 e. The number of aromatic nitrogens is 4. The van der Waals surface area contributed by atoms with Gasteiger partial charge in [-0.1, -0.05) is 13.8 Å². The van der Waals surface area contributed by atoms with E-state index < -0.39 is 46.3 Å². The van der Waals surface area contributed by atoms with Crippen LogP contribution in [0.2, 0.25) is 5.28 Å². The van der Waals surface area contributed by atoms with Gasteiger partial charge >= 0.3 is 0 Å². The van der Waals surface area contributed by atoms with Gasteiger partial charge in [-0.15, -0.1) is 0 Å². The van der Waals surface area contributed by atoms with Crippen molar-refractivity contribution in [1.29, 1.82) is 0 Å². The quantitative estimate of drug-likeness (QED) is 0.233. The van der Waals surface area contributed by atoms with Gasteiger partial charge in [0.25, 0.3) is 10.1 Å². The topological polar surface area (TPSA) is 189 Å². The molecule has 214 valence electrons. The second kappa shape index (κ2) is 8.95. The van der Waals surface area contributed by atoms with Crippen LogP contribution in [-0.4, -0.2) is 84.8 Å². The molecule has 1 saturated heterocycles. The Morgan fingerprint density at radius 1 is 1.15 bits per heavy atom. The molecule has 0 spiro atoms. The van der Waals surface area contributed by atoms with Crippen LogP contribution in [0.1, 0.15) is 58.6 Å². The lowest BCUT2D eigenvalue weighted by molar-refractivity contribution is -0.119. The summed E-state index contributed by atoms with van der Waals surface area (Å²) >= 11 is 6.36. The maximum absolute atomic E-state index is 11.8. The largest absolute Gasteiger partial charge is 0.387 e. The van der Waals surface area contributed by atoms with Crippen molar-refractivity contribution in [3.8, 4) is 0 Å². The Morgan fingerprint density at radius 3 is 2.49 bits per heavy atom. The average Bonchev–Trinajstić information content (AvgIpc) is 3.29. The van der Waals surface area contributed by atoms with Crippen molar-refractivity contribution in [2.45, 2.75) is 82.5 Å². The van der Waals surface area contributed by atoms with E-state index in [0.717, 1.165) is 19.3 Å². The van der Waals surface area contributed by atoms with Gasteiger partial charge < -0.3 is 25.6 Å². The summed E-state index contributed by atoms with van der Waals surface area (Å²) in [5, 5.41) is 27.3. The van der Waals surface area contributed by atoms with Gasteiger partial charge in [0.1, 0.15) is 18.3 Å².